The van der Waals surface area contributed by atoms with E-state index in [1.54, 1.807) is 12.3 Å². The van der Waals surface area contributed by atoms with Gasteiger partial charge in [0.1, 0.15) is 0 Å². The standard InChI is InChI=1S/C11H16ClN3O/c1-6(2)9(13)11(16)15-8-4-7(3)5-14-10(8)12/h4-6,9H,13H2,1-3H3,(H,15,16)/t9-/m0/s1. The van der Waals surface area contributed by atoms with Crippen LogP contribution in [0.15, 0.2) is 12.3 Å². The fourth-order valence-corrected chi connectivity index (χ4v) is 1.31. The Balaban J connectivity index is 2.80. The van der Waals surface area contributed by atoms with Crippen LogP contribution < -0.4 is 11.1 Å². The van der Waals surface area contributed by atoms with E-state index < -0.39 is 6.04 Å². The average Bonchev–Trinajstić information content (AvgIpc) is 2.22. The molecule has 3 N–H and O–H groups in total. The quantitative estimate of drug-likeness (QED) is 0.795. The Kier molecular flexibility index (Phi) is 4.26. The van der Waals surface area contributed by atoms with Crippen molar-refractivity contribution in [3.63, 3.8) is 0 Å². The molecule has 0 saturated carbocycles. The van der Waals surface area contributed by atoms with Crippen LogP contribution in [0.3, 0.4) is 0 Å². The van der Waals surface area contributed by atoms with E-state index in [1.807, 2.05) is 20.8 Å². The fourth-order valence-electron chi connectivity index (χ4n) is 1.16. The van der Waals surface area contributed by atoms with Crippen molar-refractivity contribution < 1.29 is 4.79 Å². The third-order valence-electron chi connectivity index (χ3n) is 2.25. The molecule has 88 valence electrons. The molecule has 4 nitrogen and oxygen atoms in total. The second kappa shape index (κ2) is 5.27. The van der Waals surface area contributed by atoms with Crippen molar-refractivity contribution in [3.8, 4) is 0 Å². The molecule has 1 atom stereocenters. The summed E-state index contributed by atoms with van der Waals surface area (Å²) in [6, 6.07) is 1.22. The molecule has 0 radical (unpaired) electrons. The first-order chi connectivity index (χ1) is 7.41. The van der Waals surface area contributed by atoms with Gasteiger partial charge < -0.3 is 11.1 Å². The maximum Gasteiger partial charge on any atom is 0.241 e. The van der Waals surface area contributed by atoms with E-state index in [4.69, 9.17) is 17.3 Å². The molecule has 1 heterocycles. The molecule has 5 heteroatoms. The van der Waals surface area contributed by atoms with E-state index in [9.17, 15) is 4.79 Å². The first-order valence-corrected chi connectivity index (χ1v) is 5.48. The highest BCUT2D eigenvalue weighted by molar-refractivity contribution is 6.32. The smallest absolute Gasteiger partial charge is 0.241 e. The number of nitrogens with zero attached hydrogens (tertiary/aromatic N) is 1. The van der Waals surface area contributed by atoms with Crippen molar-refractivity contribution >= 4 is 23.2 Å². The minimum absolute atomic E-state index is 0.0801. The average molecular weight is 242 g/mol. The number of hydrogen-bond acceptors (Lipinski definition) is 3. The van der Waals surface area contributed by atoms with Crippen LogP contribution in [0.25, 0.3) is 0 Å². The van der Waals surface area contributed by atoms with Gasteiger partial charge in [0, 0.05) is 6.20 Å². The molecule has 0 saturated heterocycles. The second-order valence-corrected chi connectivity index (χ2v) is 4.47. The van der Waals surface area contributed by atoms with Crippen molar-refractivity contribution in [1.29, 1.82) is 0 Å². The minimum Gasteiger partial charge on any atom is -0.322 e. The molecule has 0 aliphatic rings. The number of pyridine rings is 1. The van der Waals surface area contributed by atoms with Gasteiger partial charge in [-0.1, -0.05) is 25.4 Å². The molecule has 1 aromatic rings. The van der Waals surface area contributed by atoms with E-state index in [0.29, 0.717) is 5.69 Å². The number of anilines is 1. The first-order valence-electron chi connectivity index (χ1n) is 5.10. The topological polar surface area (TPSA) is 68.0 Å². The molecule has 0 aromatic carbocycles. The number of aromatic nitrogens is 1. The highest BCUT2D eigenvalue weighted by atomic mass is 35.5. The number of halogens is 1. The third-order valence-corrected chi connectivity index (χ3v) is 2.56. The van der Waals surface area contributed by atoms with E-state index in [1.165, 1.54) is 0 Å². The Morgan fingerprint density at radius 2 is 2.19 bits per heavy atom. The lowest BCUT2D eigenvalue weighted by molar-refractivity contribution is -0.118. The number of nitrogens with two attached hydrogens (primary N) is 1. The summed E-state index contributed by atoms with van der Waals surface area (Å²) in [4.78, 5) is 15.6. The van der Waals surface area contributed by atoms with Gasteiger partial charge in [-0.05, 0) is 24.5 Å². The summed E-state index contributed by atoms with van der Waals surface area (Å²) < 4.78 is 0. The second-order valence-electron chi connectivity index (χ2n) is 4.11. The van der Waals surface area contributed by atoms with Crippen molar-refractivity contribution in [3.05, 3.63) is 23.0 Å². The lowest BCUT2D eigenvalue weighted by Gasteiger charge is -2.15. The summed E-state index contributed by atoms with van der Waals surface area (Å²) in [5.74, 6) is -0.166. The number of carbonyl (C=O) groups excluding carboxylic acids is 1. The van der Waals surface area contributed by atoms with Crippen molar-refractivity contribution in [1.82, 2.24) is 4.98 Å². The first kappa shape index (κ1) is 12.9. The summed E-state index contributed by atoms with van der Waals surface area (Å²) in [6.07, 6.45) is 1.64. The maximum atomic E-state index is 11.7. The zero-order chi connectivity index (χ0) is 12.3. The highest BCUT2D eigenvalue weighted by Crippen LogP contribution is 2.20. The van der Waals surface area contributed by atoms with Gasteiger partial charge in [0.2, 0.25) is 5.91 Å². The van der Waals surface area contributed by atoms with E-state index in [2.05, 4.69) is 10.3 Å². The summed E-state index contributed by atoms with van der Waals surface area (Å²) in [6.45, 7) is 5.65. The lowest BCUT2D eigenvalue weighted by Crippen LogP contribution is -2.39. The van der Waals surface area contributed by atoms with Gasteiger partial charge in [0.15, 0.2) is 5.15 Å². The minimum atomic E-state index is -0.545. The summed E-state index contributed by atoms with van der Waals surface area (Å²) >= 11 is 5.86. The maximum absolute atomic E-state index is 11.7. The summed E-state index contributed by atoms with van der Waals surface area (Å²) in [5.41, 5.74) is 7.15. The van der Waals surface area contributed by atoms with Gasteiger partial charge in [0.05, 0.1) is 11.7 Å². The van der Waals surface area contributed by atoms with Gasteiger partial charge in [-0.15, -0.1) is 0 Å². The zero-order valence-corrected chi connectivity index (χ0v) is 10.4. The number of hydrogen-bond donors (Lipinski definition) is 2. The predicted octanol–water partition coefficient (Wildman–Crippen LogP) is 1.97. The van der Waals surface area contributed by atoms with Gasteiger partial charge in [-0.25, -0.2) is 4.98 Å². The Hall–Kier alpha value is -1.13. The van der Waals surface area contributed by atoms with Crippen molar-refractivity contribution in [2.24, 2.45) is 11.7 Å². The largest absolute Gasteiger partial charge is 0.322 e. The molecule has 0 unspecified atom stereocenters. The van der Waals surface area contributed by atoms with Crippen molar-refractivity contribution in [2.45, 2.75) is 26.8 Å². The molecule has 1 rings (SSSR count). The van der Waals surface area contributed by atoms with Crippen molar-refractivity contribution in [2.75, 3.05) is 5.32 Å². The lowest BCUT2D eigenvalue weighted by atomic mass is 10.1. The molecule has 1 aromatic heterocycles. The number of nitrogens with one attached hydrogen (secondary N) is 1. The normalized spacial score (nSPS) is 12.6. The molecule has 1 amide bonds. The Bertz CT molecular complexity index is 393. The molecule has 0 aliphatic heterocycles. The van der Waals surface area contributed by atoms with E-state index >= 15 is 0 Å². The molecule has 0 spiro atoms. The number of rotatable bonds is 3. The molecule has 0 bridgehead atoms. The number of carbonyl (C=O) groups is 1. The Morgan fingerprint density at radius 3 is 2.75 bits per heavy atom. The highest BCUT2D eigenvalue weighted by Gasteiger charge is 2.18. The van der Waals surface area contributed by atoms with Crippen LogP contribution >= 0.6 is 11.6 Å². The van der Waals surface area contributed by atoms with Gasteiger partial charge in [0.25, 0.3) is 0 Å². The zero-order valence-electron chi connectivity index (χ0n) is 9.62. The SMILES string of the molecule is Cc1cnc(Cl)c(NC(=O)[C@@H](N)C(C)C)c1. The van der Waals surface area contributed by atoms with E-state index in [0.717, 1.165) is 5.56 Å². The number of amides is 1. The Labute approximate surface area is 100 Å². The summed E-state index contributed by atoms with van der Waals surface area (Å²) in [7, 11) is 0. The molecular formula is C11H16ClN3O. The van der Waals surface area contributed by atoms with Crippen LogP contribution in [0.1, 0.15) is 19.4 Å². The van der Waals surface area contributed by atoms with Gasteiger partial charge in [-0.2, -0.15) is 0 Å². The number of aryl methyl sites for hydroxylation is 1. The summed E-state index contributed by atoms with van der Waals surface area (Å²) in [5, 5.41) is 2.95. The fraction of sp³-hybridized carbons (Fsp3) is 0.455. The van der Waals surface area contributed by atoms with E-state index in [-0.39, 0.29) is 17.0 Å². The van der Waals surface area contributed by atoms with Crippen LogP contribution in [0, 0.1) is 12.8 Å². The van der Waals surface area contributed by atoms with Crippen LogP contribution in [-0.2, 0) is 4.79 Å². The van der Waals surface area contributed by atoms with Gasteiger partial charge >= 0.3 is 0 Å². The molecule has 0 fully saturated rings. The van der Waals surface area contributed by atoms with Gasteiger partial charge in [-0.3, -0.25) is 4.79 Å². The van der Waals surface area contributed by atoms with Crippen LogP contribution in [0.5, 0.6) is 0 Å². The van der Waals surface area contributed by atoms with Crippen LogP contribution in [0.2, 0.25) is 5.15 Å². The molecule has 0 aliphatic carbocycles. The molecule has 16 heavy (non-hydrogen) atoms. The monoisotopic (exact) mass is 241 g/mol. The van der Waals surface area contributed by atoms with Crippen LogP contribution in [-0.4, -0.2) is 16.9 Å². The Morgan fingerprint density at radius 1 is 1.56 bits per heavy atom. The van der Waals surface area contributed by atoms with Crippen LogP contribution in [0.4, 0.5) is 5.69 Å². The molecular weight excluding hydrogens is 226 g/mol. The third kappa shape index (κ3) is 3.18. The predicted molar refractivity (Wildman–Crippen MR) is 65.4 cm³/mol.